The number of fused-ring (bicyclic) bond motifs is 1. The molecule has 1 saturated carbocycles. The molecule has 1 aromatic carbocycles. The quantitative estimate of drug-likeness (QED) is 0.267. The molecule has 9 heteroatoms. The van der Waals surface area contributed by atoms with Crippen LogP contribution in [0.2, 0.25) is 0 Å². The van der Waals surface area contributed by atoms with Gasteiger partial charge in [0.05, 0.1) is 0 Å². The summed E-state index contributed by atoms with van der Waals surface area (Å²) in [5.74, 6) is -1.80. The number of amides is 1. The van der Waals surface area contributed by atoms with Crippen LogP contribution in [0.3, 0.4) is 0 Å². The molecular weight excluding hydrogens is 376 g/mol. The number of ketones is 1. The predicted octanol–water partition coefficient (Wildman–Crippen LogP) is 1.39. The van der Waals surface area contributed by atoms with Crippen LogP contribution in [0.5, 0.6) is 0 Å². The van der Waals surface area contributed by atoms with E-state index in [-0.39, 0.29) is 29.6 Å². The molecule has 1 aliphatic carbocycles. The second-order valence-electron chi connectivity index (χ2n) is 7.35. The molecule has 0 spiro atoms. The third-order valence-electron chi connectivity index (χ3n) is 5.17. The van der Waals surface area contributed by atoms with E-state index in [9.17, 15) is 14.4 Å². The van der Waals surface area contributed by atoms with Crippen molar-refractivity contribution in [1.29, 1.82) is 5.41 Å². The van der Waals surface area contributed by atoms with Crippen molar-refractivity contribution in [3.63, 3.8) is 0 Å². The standard InChI is InChI=1S/C20H24N4O5/c1-10(25)17(20(27)28)23-13-3-5-14(6-4-13)24-19(26)16-9-12-8-11(18(21)22)2-7-15(12)29-16/h2,7-9,13-14,17,23H,3-6H2,1H3,(H3,21,22)(H,24,26)(H,27,28). The number of nitrogen functional groups attached to an aromatic ring is 1. The summed E-state index contributed by atoms with van der Waals surface area (Å²) in [4.78, 5) is 35.1. The smallest absolute Gasteiger partial charge is 0.328 e. The molecule has 1 amide bonds. The van der Waals surface area contributed by atoms with Gasteiger partial charge in [-0.05, 0) is 56.9 Å². The topological polar surface area (TPSA) is 159 Å². The molecule has 1 aromatic heterocycles. The molecule has 154 valence electrons. The van der Waals surface area contributed by atoms with Crippen LogP contribution < -0.4 is 16.4 Å². The number of carboxylic acid groups (broad SMARTS) is 1. The van der Waals surface area contributed by atoms with Crippen LogP contribution >= 0.6 is 0 Å². The fourth-order valence-electron chi connectivity index (χ4n) is 3.58. The minimum Gasteiger partial charge on any atom is -0.480 e. The van der Waals surface area contributed by atoms with Crippen LogP contribution in [-0.2, 0) is 9.59 Å². The minimum atomic E-state index is -1.19. The average molecular weight is 400 g/mol. The summed E-state index contributed by atoms with van der Waals surface area (Å²) in [6.07, 6.45) is 2.65. The lowest BCUT2D eigenvalue weighted by Crippen LogP contribution is -2.50. The lowest BCUT2D eigenvalue weighted by molar-refractivity contribution is -0.143. The van der Waals surface area contributed by atoms with Crippen molar-refractivity contribution in [3.05, 3.63) is 35.6 Å². The van der Waals surface area contributed by atoms with Crippen molar-refractivity contribution >= 4 is 34.5 Å². The average Bonchev–Trinajstić information content (AvgIpc) is 3.10. The monoisotopic (exact) mass is 400 g/mol. The largest absolute Gasteiger partial charge is 0.480 e. The number of carbonyl (C=O) groups excluding carboxylic acids is 2. The first-order chi connectivity index (χ1) is 13.7. The highest BCUT2D eigenvalue weighted by molar-refractivity contribution is 6.01. The third-order valence-corrected chi connectivity index (χ3v) is 5.17. The maximum Gasteiger partial charge on any atom is 0.328 e. The van der Waals surface area contributed by atoms with E-state index < -0.39 is 17.8 Å². The maximum atomic E-state index is 12.5. The maximum absolute atomic E-state index is 12.5. The number of nitrogens with one attached hydrogen (secondary N) is 3. The van der Waals surface area contributed by atoms with Gasteiger partial charge in [-0.25, -0.2) is 0 Å². The van der Waals surface area contributed by atoms with E-state index in [0.717, 1.165) is 0 Å². The zero-order chi connectivity index (χ0) is 21.1. The molecule has 1 unspecified atom stereocenters. The van der Waals surface area contributed by atoms with Crippen molar-refractivity contribution in [2.24, 2.45) is 5.73 Å². The molecule has 9 nitrogen and oxygen atoms in total. The normalized spacial score (nSPS) is 20.2. The minimum absolute atomic E-state index is 0.0536. The van der Waals surface area contributed by atoms with Crippen LogP contribution in [0, 0.1) is 5.41 Å². The number of carboxylic acids is 1. The predicted molar refractivity (Wildman–Crippen MR) is 106 cm³/mol. The Morgan fingerprint density at radius 1 is 1.17 bits per heavy atom. The van der Waals surface area contributed by atoms with Gasteiger partial charge >= 0.3 is 5.97 Å². The van der Waals surface area contributed by atoms with E-state index in [1.165, 1.54) is 6.92 Å². The first-order valence-corrected chi connectivity index (χ1v) is 9.42. The summed E-state index contributed by atoms with van der Waals surface area (Å²) in [7, 11) is 0. The van der Waals surface area contributed by atoms with E-state index in [2.05, 4.69) is 10.6 Å². The molecule has 0 aliphatic heterocycles. The molecular formula is C20H24N4O5. The zero-order valence-electron chi connectivity index (χ0n) is 16.0. The van der Waals surface area contributed by atoms with Crippen molar-refractivity contribution in [3.8, 4) is 0 Å². The Labute approximate surface area is 167 Å². The number of amidine groups is 1. The van der Waals surface area contributed by atoms with Crippen LogP contribution in [0.15, 0.2) is 28.7 Å². The lowest BCUT2D eigenvalue weighted by atomic mass is 9.90. The van der Waals surface area contributed by atoms with Gasteiger partial charge in [-0.2, -0.15) is 0 Å². The first-order valence-electron chi connectivity index (χ1n) is 9.42. The summed E-state index contributed by atoms with van der Waals surface area (Å²) in [6, 6.07) is 5.33. The zero-order valence-corrected chi connectivity index (χ0v) is 16.0. The number of Topliss-reactive ketones (excluding diaryl/α,β-unsaturated/α-hetero) is 1. The van der Waals surface area contributed by atoms with E-state index in [4.69, 9.17) is 20.7 Å². The molecule has 0 bridgehead atoms. The molecule has 29 heavy (non-hydrogen) atoms. The third kappa shape index (κ3) is 4.80. The highest BCUT2D eigenvalue weighted by Crippen LogP contribution is 2.23. The van der Waals surface area contributed by atoms with E-state index in [1.54, 1.807) is 24.3 Å². The Hall–Kier alpha value is -3.20. The Balaban J connectivity index is 1.57. The van der Waals surface area contributed by atoms with Crippen molar-refractivity contribution in [1.82, 2.24) is 10.6 Å². The number of rotatable bonds is 7. The molecule has 3 rings (SSSR count). The number of furan rings is 1. The van der Waals surface area contributed by atoms with Gasteiger partial charge in [0.2, 0.25) is 0 Å². The van der Waals surface area contributed by atoms with Gasteiger partial charge in [0.1, 0.15) is 11.4 Å². The van der Waals surface area contributed by atoms with Gasteiger partial charge in [-0.1, -0.05) is 0 Å². The Kier molecular flexibility index (Phi) is 5.97. The summed E-state index contributed by atoms with van der Waals surface area (Å²) in [5.41, 5.74) is 6.58. The number of aliphatic carboxylic acids is 1. The highest BCUT2D eigenvalue weighted by atomic mass is 16.4. The number of carbonyl (C=O) groups is 3. The van der Waals surface area contributed by atoms with Gasteiger partial charge in [0.15, 0.2) is 17.6 Å². The Bertz CT molecular complexity index is 945. The molecule has 1 aliphatic rings. The van der Waals surface area contributed by atoms with Crippen molar-refractivity contribution < 1.29 is 23.9 Å². The number of nitrogens with two attached hydrogens (primary N) is 1. The van der Waals surface area contributed by atoms with Crippen molar-refractivity contribution in [2.45, 2.75) is 50.7 Å². The van der Waals surface area contributed by atoms with Crippen LogP contribution in [-0.4, -0.2) is 46.7 Å². The van der Waals surface area contributed by atoms with Gasteiger partial charge in [-0.3, -0.25) is 25.1 Å². The summed E-state index contributed by atoms with van der Waals surface area (Å²) >= 11 is 0. The van der Waals surface area contributed by atoms with E-state index in [0.29, 0.717) is 42.2 Å². The van der Waals surface area contributed by atoms with E-state index in [1.807, 2.05) is 0 Å². The Morgan fingerprint density at radius 2 is 1.83 bits per heavy atom. The highest BCUT2D eigenvalue weighted by Gasteiger charge is 2.29. The summed E-state index contributed by atoms with van der Waals surface area (Å²) < 4.78 is 5.59. The summed E-state index contributed by atoms with van der Waals surface area (Å²) in [5, 5.41) is 23.1. The van der Waals surface area contributed by atoms with Gasteiger partial charge < -0.3 is 20.6 Å². The molecule has 6 N–H and O–H groups in total. The van der Waals surface area contributed by atoms with E-state index >= 15 is 0 Å². The van der Waals surface area contributed by atoms with Gasteiger partial charge in [0, 0.05) is 23.0 Å². The Morgan fingerprint density at radius 3 is 2.41 bits per heavy atom. The fraction of sp³-hybridized carbons (Fsp3) is 0.400. The van der Waals surface area contributed by atoms with Crippen LogP contribution in [0.4, 0.5) is 0 Å². The lowest BCUT2D eigenvalue weighted by Gasteiger charge is -2.30. The summed E-state index contributed by atoms with van der Waals surface area (Å²) in [6.45, 7) is 1.25. The number of hydrogen-bond donors (Lipinski definition) is 5. The first kappa shape index (κ1) is 20.5. The molecule has 1 atom stereocenters. The molecule has 1 heterocycles. The second kappa shape index (κ2) is 8.44. The van der Waals surface area contributed by atoms with Gasteiger partial charge in [-0.15, -0.1) is 0 Å². The van der Waals surface area contributed by atoms with Gasteiger partial charge in [0.25, 0.3) is 5.91 Å². The van der Waals surface area contributed by atoms with Crippen molar-refractivity contribution in [2.75, 3.05) is 0 Å². The van der Waals surface area contributed by atoms with Crippen LogP contribution in [0.1, 0.15) is 48.7 Å². The molecule has 1 fully saturated rings. The number of benzene rings is 1. The van der Waals surface area contributed by atoms with Crippen LogP contribution in [0.25, 0.3) is 11.0 Å². The second-order valence-corrected chi connectivity index (χ2v) is 7.35. The molecule has 2 aromatic rings. The SMILES string of the molecule is CC(=O)C(NC1CCC(NC(=O)c2cc3cc(C(=N)N)ccc3o2)CC1)C(=O)O. The fourth-order valence-corrected chi connectivity index (χ4v) is 3.58. The number of hydrogen-bond acceptors (Lipinski definition) is 6. The molecule has 0 radical (unpaired) electrons. The molecule has 0 saturated heterocycles.